The van der Waals surface area contributed by atoms with E-state index in [-0.39, 0.29) is 0 Å². The van der Waals surface area contributed by atoms with Gasteiger partial charge in [-0.25, -0.2) is 0 Å². The molecule has 0 aliphatic carbocycles. The van der Waals surface area contributed by atoms with E-state index in [4.69, 9.17) is 0 Å². The van der Waals surface area contributed by atoms with Crippen LogP contribution in [0.5, 0.6) is 0 Å². The summed E-state index contributed by atoms with van der Waals surface area (Å²) in [5.74, 6) is 0. The molecule has 0 saturated heterocycles. The van der Waals surface area contributed by atoms with Crippen LogP contribution in [0.1, 0.15) is 0 Å². The first-order chi connectivity index (χ1) is 4.88. The maximum absolute atomic E-state index is 3.15. The minimum Gasteiger partial charge on any atom is -0.361 e. The Balaban J connectivity index is 2.95. The fraction of sp³-hybridized carbons (Fsp3) is 0. The SMILES string of the molecule is Pc1cccc2[nH]ccc12. The van der Waals surface area contributed by atoms with Crippen LogP contribution in [0.4, 0.5) is 0 Å². The molecule has 1 atom stereocenters. The summed E-state index contributed by atoms with van der Waals surface area (Å²) in [4.78, 5) is 3.15. The van der Waals surface area contributed by atoms with E-state index < -0.39 is 0 Å². The first-order valence-electron chi connectivity index (χ1n) is 3.19. The van der Waals surface area contributed by atoms with Gasteiger partial charge >= 0.3 is 0 Å². The third-order valence-corrected chi connectivity index (χ3v) is 2.13. The number of hydrogen-bond donors (Lipinski definition) is 1. The van der Waals surface area contributed by atoms with Gasteiger partial charge in [-0.15, -0.1) is 9.24 Å². The molecular weight excluding hydrogens is 141 g/mol. The number of benzene rings is 1. The molecule has 1 aromatic carbocycles. The lowest BCUT2D eigenvalue weighted by atomic mass is 10.2. The Kier molecular flexibility index (Phi) is 1.25. The van der Waals surface area contributed by atoms with Crippen molar-refractivity contribution in [1.82, 2.24) is 4.98 Å². The fourth-order valence-corrected chi connectivity index (χ4v) is 1.47. The highest BCUT2D eigenvalue weighted by molar-refractivity contribution is 7.28. The minimum absolute atomic E-state index is 1.20. The molecule has 50 valence electrons. The van der Waals surface area contributed by atoms with Gasteiger partial charge in [0.25, 0.3) is 0 Å². The zero-order valence-corrected chi connectivity index (χ0v) is 6.62. The van der Waals surface area contributed by atoms with Crippen molar-refractivity contribution in [3.63, 3.8) is 0 Å². The van der Waals surface area contributed by atoms with Crippen LogP contribution in [0.25, 0.3) is 10.9 Å². The van der Waals surface area contributed by atoms with Gasteiger partial charge in [0.15, 0.2) is 0 Å². The number of aromatic amines is 1. The molecule has 2 heteroatoms. The summed E-state index contributed by atoms with van der Waals surface area (Å²) in [6.45, 7) is 0. The number of hydrogen-bond acceptors (Lipinski definition) is 0. The molecule has 1 unspecified atom stereocenters. The van der Waals surface area contributed by atoms with Crippen molar-refractivity contribution < 1.29 is 0 Å². The Morgan fingerprint density at radius 2 is 2.10 bits per heavy atom. The number of aromatic nitrogens is 1. The number of nitrogens with one attached hydrogen (secondary N) is 1. The van der Waals surface area contributed by atoms with Gasteiger partial charge in [-0.05, 0) is 17.4 Å². The molecule has 0 spiro atoms. The average Bonchev–Trinajstić information content (AvgIpc) is 2.36. The van der Waals surface area contributed by atoms with Gasteiger partial charge < -0.3 is 4.98 Å². The predicted molar refractivity (Wildman–Crippen MR) is 47.6 cm³/mol. The molecule has 0 fully saturated rings. The summed E-state index contributed by atoms with van der Waals surface area (Å²) in [5.41, 5.74) is 1.20. The predicted octanol–water partition coefficient (Wildman–Crippen LogP) is 1.67. The summed E-state index contributed by atoms with van der Waals surface area (Å²) in [7, 11) is 2.71. The monoisotopic (exact) mass is 149 g/mol. The average molecular weight is 149 g/mol. The van der Waals surface area contributed by atoms with E-state index in [2.05, 4.69) is 32.4 Å². The normalized spacial score (nSPS) is 10.5. The Morgan fingerprint density at radius 3 is 2.90 bits per heavy atom. The van der Waals surface area contributed by atoms with E-state index in [0.29, 0.717) is 0 Å². The van der Waals surface area contributed by atoms with Gasteiger partial charge in [-0.3, -0.25) is 0 Å². The summed E-state index contributed by atoms with van der Waals surface area (Å²) in [5, 5.41) is 2.53. The van der Waals surface area contributed by atoms with Crippen molar-refractivity contribution >= 4 is 25.4 Å². The maximum atomic E-state index is 3.15. The summed E-state index contributed by atoms with van der Waals surface area (Å²) < 4.78 is 0. The molecule has 2 aromatic rings. The molecule has 0 aliphatic rings. The second kappa shape index (κ2) is 2.10. The Morgan fingerprint density at radius 1 is 1.20 bits per heavy atom. The Labute approximate surface area is 61.7 Å². The maximum Gasteiger partial charge on any atom is 0.0460 e. The zero-order valence-electron chi connectivity index (χ0n) is 5.46. The molecule has 0 radical (unpaired) electrons. The molecule has 1 aromatic heterocycles. The lowest BCUT2D eigenvalue weighted by Crippen LogP contribution is -1.87. The number of fused-ring (bicyclic) bond motifs is 1. The summed E-state index contributed by atoms with van der Waals surface area (Å²) in [6.07, 6.45) is 1.96. The van der Waals surface area contributed by atoms with Crippen LogP contribution in [0, 0.1) is 0 Å². The lowest BCUT2D eigenvalue weighted by Gasteiger charge is -1.91. The molecule has 0 aliphatic heterocycles. The first kappa shape index (κ1) is 5.94. The molecule has 10 heavy (non-hydrogen) atoms. The molecule has 0 bridgehead atoms. The third-order valence-electron chi connectivity index (χ3n) is 1.63. The van der Waals surface area contributed by atoms with E-state index in [9.17, 15) is 0 Å². The van der Waals surface area contributed by atoms with E-state index in [1.165, 1.54) is 16.2 Å². The second-order valence-electron chi connectivity index (χ2n) is 2.29. The van der Waals surface area contributed by atoms with Crippen LogP contribution in [0.2, 0.25) is 0 Å². The quantitative estimate of drug-likeness (QED) is 0.548. The highest BCUT2D eigenvalue weighted by Gasteiger charge is 1.93. The molecule has 2 rings (SSSR count). The topological polar surface area (TPSA) is 15.8 Å². The van der Waals surface area contributed by atoms with Crippen LogP contribution >= 0.6 is 9.24 Å². The number of H-pyrrole nitrogens is 1. The lowest BCUT2D eigenvalue weighted by molar-refractivity contribution is 1.48. The highest BCUT2D eigenvalue weighted by atomic mass is 31.0. The van der Waals surface area contributed by atoms with Crippen molar-refractivity contribution in [3.05, 3.63) is 30.5 Å². The standard InChI is InChI=1S/C8H8NP/c10-8-3-1-2-7-6(8)4-5-9-7/h1-5,9H,10H2. The van der Waals surface area contributed by atoms with Crippen molar-refractivity contribution in [2.75, 3.05) is 0 Å². The van der Waals surface area contributed by atoms with Gasteiger partial charge in [-0.2, -0.15) is 0 Å². The minimum atomic E-state index is 1.20. The van der Waals surface area contributed by atoms with Crippen molar-refractivity contribution in [3.8, 4) is 0 Å². The second-order valence-corrected chi connectivity index (χ2v) is 2.91. The third kappa shape index (κ3) is 0.748. The molecular formula is C8H8NP. The van der Waals surface area contributed by atoms with Gasteiger partial charge in [0.1, 0.15) is 0 Å². The fourth-order valence-electron chi connectivity index (χ4n) is 1.11. The van der Waals surface area contributed by atoms with Crippen LogP contribution in [-0.2, 0) is 0 Å². The summed E-state index contributed by atoms with van der Waals surface area (Å²) in [6, 6.07) is 8.28. The van der Waals surface area contributed by atoms with E-state index >= 15 is 0 Å². The largest absolute Gasteiger partial charge is 0.361 e. The van der Waals surface area contributed by atoms with Gasteiger partial charge in [-0.1, -0.05) is 12.1 Å². The Hall–Kier alpha value is -0.810. The van der Waals surface area contributed by atoms with Crippen molar-refractivity contribution in [2.24, 2.45) is 0 Å². The van der Waals surface area contributed by atoms with Crippen molar-refractivity contribution in [1.29, 1.82) is 0 Å². The van der Waals surface area contributed by atoms with E-state index in [1.807, 2.05) is 12.3 Å². The molecule has 1 N–H and O–H groups in total. The summed E-state index contributed by atoms with van der Waals surface area (Å²) >= 11 is 0. The van der Waals surface area contributed by atoms with Gasteiger partial charge in [0, 0.05) is 17.1 Å². The van der Waals surface area contributed by atoms with Gasteiger partial charge in [0.05, 0.1) is 0 Å². The van der Waals surface area contributed by atoms with Crippen LogP contribution < -0.4 is 5.30 Å². The molecule has 0 amide bonds. The van der Waals surface area contributed by atoms with E-state index in [1.54, 1.807) is 0 Å². The molecule has 1 nitrogen and oxygen atoms in total. The smallest absolute Gasteiger partial charge is 0.0460 e. The zero-order chi connectivity index (χ0) is 6.97. The highest BCUT2D eigenvalue weighted by Crippen LogP contribution is 2.10. The first-order valence-corrected chi connectivity index (χ1v) is 3.77. The van der Waals surface area contributed by atoms with Crippen LogP contribution in [0.15, 0.2) is 30.5 Å². The van der Waals surface area contributed by atoms with Crippen molar-refractivity contribution in [2.45, 2.75) is 0 Å². The molecule has 0 saturated carbocycles. The Bertz CT molecular complexity index is 351. The number of rotatable bonds is 0. The molecule has 1 heterocycles. The van der Waals surface area contributed by atoms with Gasteiger partial charge in [0.2, 0.25) is 0 Å². The van der Waals surface area contributed by atoms with E-state index in [0.717, 1.165) is 0 Å². The van der Waals surface area contributed by atoms with Crippen LogP contribution in [0.3, 0.4) is 0 Å². The van der Waals surface area contributed by atoms with Crippen LogP contribution in [-0.4, -0.2) is 4.98 Å².